The first-order valence-electron chi connectivity index (χ1n) is 6.52. The molecule has 1 atom stereocenters. The van der Waals surface area contributed by atoms with Crippen molar-refractivity contribution < 1.29 is 9.53 Å². The van der Waals surface area contributed by atoms with Crippen LogP contribution in [0.15, 0.2) is 24.3 Å². The average Bonchev–Trinajstić information content (AvgIpc) is 2.36. The summed E-state index contributed by atoms with van der Waals surface area (Å²) in [5.74, 6) is 0.436. The lowest BCUT2D eigenvalue weighted by molar-refractivity contribution is -0.144. The van der Waals surface area contributed by atoms with E-state index < -0.39 is 0 Å². The Labute approximate surface area is 103 Å². The third kappa shape index (κ3) is 3.32. The maximum Gasteiger partial charge on any atom is 0.306 e. The maximum absolute atomic E-state index is 11.6. The first-order chi connectivity index (χ1) is 8.29. The normalized spacial score (nSPS) is 18.5. The maximum atomic E-state index is 11.6. The molecule has 0 amide bonds. The third-order valence-electron chi connectivity index (χ3n) is 3.37. The minimum Gasteiger partial charge on any atom is -0.466 e. The second-order valence-electron chi connectivity index (χ2n) is 4.80. The van der Waals surface area contributed by atoms with Gasteiger partial charge in [0.05, 0.1) is 6.61 Å². The highest BCUT2D eigenvalue weighted by molar-refractivity contribution is 5.69. The van der Waals surface area contributed by atoms with Crippen LogP contribution in [-0.2, 0) is 22.4 Å². The Balaban J connectivity index is 1.88. The molecule has 0 N–H and O–H groups in total. The van der Waals surface area contributed by atoms with Crippen molar-refractivity contribution in [3.05, 3.63) is 35.4 Å². The van der Waals surface area contributed by atoms with Crippen LogP contribution in [0.1, 0.15) is 37.3 Å². The lowest BCUT2D eigenvalue weighted by atomic mass is 9.82. The molecule has 0 saturated heterocycles. The molecule has 0 spiro atoms. The van der Waals surface area contributed by atoms with Crippen LogP contribution in [-0.4, -0.2) is 12.6 Å². The number of carbonyl (C=O) groups is 1. The Morgan fingerprint density at radius 2 is 2.12 bits per heavy atom. The van der Waals surface area contributed by atoms with E-state index in [1.54, 1.807) is 0 Å². The molecule has 1 aliphatic carbocycles. The number of hydrogen-bond acceptors (Lipinski definition) is 2. The molecule has 1 aliphatic rings. The van der Waals surface area contributed by atoms with Gasteiger partial charge in [-0.1, -0.05) is 31.2 Å². The number of esters is 1. The molecule has 1 aromatic rings. The summed E-state index contributed by atoms with van der Waals surface area (Å²) in [6, 6.07) is 8.55. The summed E-state index contributed by atoms with van der Waals surface area (Å²) in [6.45, 7) is 2.58. The van der Waals surface area contributed by atoms with Crippen LogP contribution in [0.25, 0.3) is 0 Å². The largest absolute Gasteiger partial charge is 0.466 e. The number of ether oxygens (including phenoxy) is 1. The molecule has 1 aromatic carbocycles. The zero-order chi connectivity index (χ0) is 12.1. The van der Waals surface area contributed by atoms with Gasteiger partial charge in [-0.2, -0.15) is 0 Å². The second-order valence-corrected chi connectivity index (χ2v) is 4.80. The van der Waals surface area contributed by atoms with Gasteiger partial charge >= 0.3 is 5.97 Å². The number of fused-ring (bicyclic) bond motifs is 1. The molecule has 0 aliphatic heterocycles. The molecule has 17 heavy (non-hydrogen) atoms. The molecule has 0 fully saturated rings. The van der Waals surface area contributed by atoms with Crippen molar-refractivity contribution in [1.82, 2.24) is 0 Å². The van der Waals surface area contributed by atoms with Crippen LogP contribution in [0.2, 0.25) is 0 Å². The van der Waals surface area contributed by atoms with Crippen molar-refractivity contribution in [2.24, 2.45) is 5.92 Å². The van der Waals surface area contributed by atoms with Crippen LogP contribution >= 0.6 is 0 Å². The number of rotatable bonds is 4. The van der Waals surface area contributed by atoms with Gasteiger partial charge in [-0.05, 0) is 42.7 Å². The van der Waals surface area contributed by atoms with Gasteiger partial charge in [0.1, 0.15) is 0 Å². The van der Waals surface area contributed by atoms with Gasteiger partial charge in [0.15, 0.2) is 0 Å². The predicted octanol–water partition coefficient (Wildman–Crippen LogP) is 3.13. The van der Waals surface area contributed by atoms with Crippen molar-refractivity contribution in [3.8, 4) is 0 Å². The zero-order valence-corrected chi connectivity index (χ0v) is 10.4. The Hall–Kier alpha value is -1.31. The quantitative estimate of drug-likeness (QED) is 0.745. The Bertz CT molecular complexity index is 384. The van der Waals surface area contributed by atoms with E-state index in [1.807, 2.05) is 6.92 Å². The molecule has 0 saturated carbocycles. The van der Waals surface area contributed by atoms with E-state index in [2.05, 4.69) is 24.3 Å². The van der Waals surface area contributed by atoms with Gasteiger partial charge in [-0.15, -0.1) is 0 Å². The number of benzene rings is 1. The minimum atomic E-state index is -0.0313. The van der Waals surface area contributed by atoms with Crippen molar-refractivity contribution in [3.63, 3.8) is 0 Å². The van der Waals surface area contributed by atoms with E-state index in [1.165, 1.54) is 11.1 Å². The van der Waals surface area contributed by atoms with Crippen LogP contribution in [0.5, 0.6) is 0 Å². The van der Waals surface area contributed by atoms with Gasteiger partial charge in [0.25, 0.3) is 0 Å². The van der Waals surface area contributed by atoms with Crippen LogP contribution in [0.3, 0.4) is 0 Å². The van der Waals surface area contributed by atoms with E-state index in [4.69, 9.17) is 4.74 Å². The highest BCUT2D eigenvalue weighted by atomic mass is 16.5. The molecular weight excluding hydrogens is 212 g/mol. The molecule has 0 heterocycles. The van der Waals surface area contributed by atoms with Gasteiger partial charge in [0.2, 0.25) is 0 Å². The Morgan fingerprint density at radius 3 is 2.88 bits per heavy atom. The molecule has 2 nitrogen and oxygen atoms in total. The Kier molecular flexibility index (Phi) is 4.18. The fourth-order valence-corrected chi connectivity index (χ4v) is 2.46. The van der Waals surface area contributed by atoms with Crippen molar-refractivity contribution in [2.75, 3.05) is 6.61 Å². The molecule has 0 bridgehead atoms. The number of carbonyl (C=O) groups excluding carboxylic acids is 1. The summed E-state index contributed by atoms with van der Waals surface area (Å²) in [6.07, 6.45) is 4.71. The highest BCUT2D eigenvalue weighted by Gasteiger charge is 2.21. The standard InChI is InChI=1S/C15H20O2/c1-2-9-17-15(16)11-12-7-8-13-5-3-4-6-14(13)10-12/h3-6,12H,2,7-11H2,1H3. The second kappa shape index (κ2) is 5.85. The molecule has 0 aromatic heterocycles. The summed E-state index contributed by atoms with van der Waals surface area (Å²) >= 11 is 0. The van der Waals surface area contributed by atoms with E-state index in [-0.39, 0.29) is 5.97 Å². The third-order valence-corrected chi connectivity index (χ3v) is 3.37. The van der Waals surface area contributed by atoms with Crippen molar-refractivity contribution >= 4 is 5.97 Å². The van der Waals surface area contributed by atoms with E-state index in [0.29, 0.717) is 18.9 Å². The Morgan fingerprint density at radius 1 is 1.35 bits per heavy atom. The first kappa shape index (κ1) is 12.2. The molecule has 2 heteroatoms. The van der Waals surface area contributed by atoms with E-state index in [0.717, 1.165) is 25.7 Å². The fourth-order valence-electron chi connectivity index (χ4n) is 2.46. The topological polar surface area (TPSA) is 26.3 Å². The lowest BCUT2D eigenvalue weighted by Gasteiger charge is -2.23. The fraction of sp³-hybridized carbons (Fsp3) is 0.533. The molecular formula is C15H20O2. The summed E-state index contributed by atoms with van der Waals surface area (Å²) < 4.78 is 5.14. The summed E-state index contributed by atoms with van der Waals surface area (Å²) in [4.78, 5) is 11.6. The molecule has 0 radical (unpaired) electrons. The minimum absolute atomic E-state index is 0.0313. The van der Waals surface area contributed by atoms with E-state index in [9.17, 15) is 4.79 Å². The molecule has 92 valence electrons. The predicted molar refractivity (Wildman–Crippen MR) is 67.8 cm³/mol. The van der Waals surface area contributed by atoms with Gasteiger partial charge in [-0.25, -0.2) is 0 Å². The zero-order valence-electron chi connectivity index (χ0n) is 10.4. The molecule has 1 unspecified atom stereocenters. The van der Waals surface area contributed by atoms with Crippen molar-refractivity contribution in [2.45, 2.75) is 39.0 Å². The summed E-state index contributed by atoms with van der Waals surface area (Å²) in [7, 11) is 0. The number of aryl methyl sites for hydroxylation is 1. The van der Waals surface area contributed by atoms with Gasteiger partial charge < -0.3 is 4.74 Å². The van der Waals surface area contributed by atoms with Crippen LogP contribution in [0.4, 0.5) is 0 Å². The summed E-state index contributed by atoms with van der Waals surface area (Å²) in [5, 5.41) is 0. The lowest BCUT2D eigenvalue weighted by Crippen LogP contribution is -2.19. The van der Waals surface area contributed by atoms with Gasteiger partial charge in [-0.3, -0.25) is 4.79 Å². The smallest absolute Gasteiger partial charge is 0.306 e. The van der Waals surface area contributed by atoms with Gasteiger partial charge in [0, 0.05) is 6.42 Å². The monoisotopic (exact) mass is 232 g/mol. The van der Waals surface area contributed by atoms with Crippen LogP contribution < -0.4 is 0 Å². The van der Waals surface area contributed by atoms with E-state index >= 15 is 0 Å². The average molecular weight is 232 g/mol. The SMILES string of the molecule is CCCOC(=O)CC1CCc2ccccc2C1. The highest BCUT2D eigenvalue weighted by Crippen LogP contribution is 2.27. The first-order valence-corrected chi connectivity index (χ1v) is 6.52. The van der Waals surface area contributed by atoms with Crippen LogP contribution in [0, 0.1) is 5.92 Å². The molecule has 2 rings (SSSR count). The number of hydrogen-bond donors (Lipinski definition) is 0. The summed E-state index contributed by atoms with van der Waals surface area (Å²) in [5.41, 5.74) is 2.86. The van der Waals surface area contributed by atoms with Crippen molar-refractivity contribution in [1.29, 1.82) is 0 Å².